The Morgan fingerprint density at radius 1 is 1.38 bits per heavy atom. The summed E-state index contributed by atoms with van der Waals surface area (Å²) < 4.78 is 27.2. The van der Waals surface area contributed by atoms with E-state index in [1.807, 2.05) is 6.92 Å². The number of hydrogen-bond acceptors (Lipinski definition) is 5. The largest absolute Gasteiger partial charge is 0.384 e. The highest BCUT2D eigenvalue weighted by molar-refractivity contribution is 7.94. The lowest BCUT2D eigenvalue weighted by Gasteiger charge is -2.09. The number of aromatic nitrogens is 1. The molecule has 2 aromatic rings. The van der Waals surface area contributed by atoms with E-state index >= 15 is 0 Å². The van der Waals surface area contributed by atoms with E-state index < -0.39 is 10.0 Å². The summed E-state index contributed by atoms with van der Waals surface area (Å²) in [5.74, 6) is 5.27. The molecule has 2 N–H and O–H groups in total. The lowest BCUT2D eigenvalue weighted by molar-refractivity contribution is 0.350. The van der Waals surface area contributed by atoms with Gasteiger partial charge in [0.25, 0.3) is 10.0 Å². The van der Waals surface area contributed by atoms with E-state index in [1.54, 1.807) is 25.1 Å². The summed E-state index contributed by atoms with van der Waals surface area (Å²) in [7, 11) is -3.68. The van der Waals surface area contributed by atoms with Gasteiger partial charge in [-0.15, -0.1) is 11.3 Å². The molecular formula is C14H14N2O3S2. The van der Waals surface area contributed by atoms with Crippen LogP contribution in [0.2, 0.25) is 0 Å². The van der Waals surface area contributed by atoms with Crippen molar-refractivity contribution in [1.29, 1.82) is 0 Å². The molecule has 0 aliphatic rings. The third-order valence-electron chi connectivity index (χ3n) is 2.59. The molecule has 1 heterocycles. The van der Waals surface area contributed by atoms with Crippen LogP contribution >= 0.6 is 11.3 Å². The van der Waals surface area contributed by atoms with Gasteiger partial charge in [0.2, 0.25) is 0 Å². The molecule has 1 aromatic heterocycles. The quantitative estimate of drug-likeness (QED) is 0.846. The standard InChI is InChI=1S/C14H14N2O3S2/c1-10-5-6-13(12(8-10)4-3-7-17)16-21(18,19)14-9-15-11(2)20-14/h5-6,8-9,16-17H,7H2,1-2H3. The Kier molecular flexibility index (Phi) is 4.63. The molecular weight excluding hydrogens is 308 g/mol. The monoisotopic (exact) mass is 322 g/mol. The number of nitrogens with one attached hydrogen (secondary N) is 1. The average molecular weight is 322 g/mol. The van der Waals surface area contributed by atoms with Crippen LogP contribution < -0.4 is 4.72 Å². The van der Waals surface area contributed by atoms with Crippen molar-refractivity contribution in [3.8, 4) is 11.8 Å². The summed E-state index contributed by atoms with van der Waals surface area (Å²) in [6, 6.07) is 5.21. The minimum Gasteiger partial charge on any atom is -0.384 e. The number of thiazole rings is 1. The van der Waals surface area contributed by atoms with Gasteiger partial charge in [-0.2, -0.15) is 0 Å². The van der Waals surface area contributed by atoms with Crippen LogP contribution in [-0.4, -0.2) is 25.1 Å². The number of aliphatic hydroxyl groups excluding tert-OH is 1. The second kappa shape index (κ2) is 6.26. The number of aliphatic hydroxyl groups is 1. The summed E-state index contributed by atoms with van der Waals surface area (Å²) in [5.41, 5.74) is 1.86. The van der Waals surface area contributed by atoms with Gasteiger partial charge in [-0.3, -0.25) is 4.72 Å². The van der Waals surface area contributed by atoms with Crippen LogP contribution in [0.15, 0.2) is 28.6 Å². The first-order chi connectivity index (χ1) is 9.92. The molecule has 0 aliphatic heterocycles. The molecule has 110 valence electrons. The molecule has 0 amide bonds. The van der Waals surface area contributed by atoms with Gasteiger partial charge < -0.3 is 5.11 Å². The summed E-state index contributed by atoms with van der Waals surface area (Å²) >= 11 is 1.10. The third-order valence-corrected chi connectivity index (χ3v) is 5.33. The Morgan fingerprint density at radius 2 is 2.14 bits per heavy atom. The molecule has 1 aromatic carbocycles. The molecule has 0 spiro atoms. The van der Waals surface area contributed by atoms with E-state index in [0.717, 1.165) is 16.9 Å². The zero-order valence-electron chi connectivity index (χ0n) is 11.5. The van der Waals surface area contributed by atoms with Gasteiger partial charge in [0.05, 0.1) is 16.9 Å². The fourth-order valence-corrected chi connectivity index (χ4v) is 3.83. The molecule has 0 aliphatic carbocycles. The minimum atomic E-state index is -3.68. The topological polar surface area (TPSA) is 79.3 Å². The van der Waals surface area contributed by atoms with Crippen LogP contribution in [0.3, 0.4) is 0 Å². The maximum Gasteiger partial charge on any atom is 0.273 e. The van der Waals surface area contributed by atoms with Crippen LogP contribution in [-0.2, 0) is 10.0 Å². The van der Waals surface area contributed by atoms with Gasteiger partial charge in [0.1, 0.15) is 6.61 Å². The molecule has 0 fully saturated rings. The molecule has 0 saturated carbocycles. The van der Waals surface area contributed by atoms with Crippen LogP contribution in [0.25, 0.3) is 0 Å². The van der Waals surface area contributed by atoms with Crippen LogP contribution in [0, 0.1) is 25.7 Å². The van der Waals surface area contributed by atoms with Crippen LogP contribution in [0.4, 0.5) is 5.69 Å². The highest BCUT2D eigenvalue weighted by atomic mass is 32.2. The number of sulfonamides is 1. The zero-order chi connectivity index (χ0) is 15.5. The first-order valence-electron chi connectivity index (χ1n) is 6.08. The Hall–Kier alpha value is -1.88. The summed E-state index contributed by atoms with van der Waals surface area (Å²) in [5, 5.41) is 9.46. The Labute approximate surface area is 127 Å². The Morgan fingerprint density at radius 3 is 2.76 bits per heavy atom. The predicted octanol–water partition coefficient (Wildman–Crippen LogP) is 1.90. The fraction of sp³-hybridized carbons (Fsp3) is 0.214. The number of benzene rings is 1. The minimum absolute atomic E-state index is 0.154. The van der Waals surface area contributed by atoms with Crippen molar-refractivity contribution in [2.24, 2.45) is 0 Å². The fourth-order valence-electron chi connectivity index (χ4n) is 1.65. The molecule has 2 rings (SSSR count). The lowest BCUT2D eigenvalue weighted by Crippen LogP contribution is -2.12. The lowest BCUT2D eigenvalue weighted by atomic mass is 10.1. The molecule has 0 saturated heterocycles. The first-order valence-corrected chi connectivity index (χ1v) is 8.38. The second-order valence-electron chi connectivity index (χ2n) is 4.31. The molecule has 21 heavy (non-hydrogen) atoms. The number of anilines is 1. The zero-order valence-corrected chi connectivity index (χ0v) is 13.2. The van der Waals surface area contributed by atoms with Crippen LogP contribution in [0.1, 0.15) is 16.1 Å². The SMILES string of the molecule is Cc1ccc(NS(=O)(=O)c2cnc(C)s2)c(C#CCO)c1. The van der Waals surface area contributed by atoms with Crippen molar-refractivity contribution in [1.82, 2.24) is 4.98 Å². The summed E-state index contributed by atoms with van der Waals surface area (Å²) in [4.78, 5) is 3.95. The van der Waals surface area contributed by atoms with Crippen molar-refractivity contribution >= 4 is 27.0 Å². The van der Waals surface area contributed by atoms with E-state index in [-0.39, 0.29) is 10.8 Å². The summed E-state index contributed by atoms with van der Waals surface area (Å²) in [6.07, 6.45) is 1.33. The maximum atomic E-state index is 12.3. The smallest absolute Gasteiger partial charge is 0.273 e. The predicted molar refractivity (Wildman–Crippen MR) is 82.8 cm³/mol. The van der Waals surface area contributed by atoms with E-state index in [0.29, 0.717) is 16.3 Å². The maximum absolute atomic E-state index is 12.3. The van der Waals surface area contributed by atoms with E-state index in [2.05, 4.69) is 21.5 Å². The van der Waals surface area contributed by atoms with Crippen molar-refractivity contribution in [3.05, 3.63) is 40.5 Å². The number of aryl methyl sites for hydroxylation is 2. The Bertz CT molecular complexity index is 814. The molecule has 0 unspecified atom stereocenters. The second-order valence-corrected chi connectivity index (χ2v) is 7.46. The number of rotatable bonds is 3. The van der Waals surface area contributed by atoms with Crippen molar-refractivity contribution in [2.75, 3.05) is 11.3 Å². The highest BCUT2D eigenvalue weighted by Crippen LogP contribution is 2.24. The molecule has 0 bridgehead atoms. The van der Waals surface area contributed by atoms with E-state index in [4.69, 9.17) is 5.11 Å². The van der Waals surface area contributed by atoms with Crippen molar-refractivity contribution < 1.29 is 13.5 Å². The summed E-state index contributed by atoms with van der Waals surface area (Å²) in [6.45, 7) is 3.34. The molecule has 0 radical (unpaired) electrons. The molecule has 0 atom stereocenters. The average Bonchev–Trinajstić information content (AvgIpc) is 2.86. The van der Waals surface area contributed by atoms with Gasteiger partial charge in [-0.25, -0.2) is 13.4 Å². The number of hydrogen-bond donors (Lipinski definition) is 2. The molecule has 5 nitrogen and oxygen atoms in total. The highest BCUT2D eigenvalue weighted by Gasteiger charge is 2.18. The Balaban J connectivity index is 2.39. The van der Waals surface area contributed by atoms with Crippen molar-refractivity contribution in [2.45, 2.75) is 18.1 Å². The first kappa shape index (κ1) is 15.5. The van der Waals surface area contributed by atoms with Gasteiger partial charge in [-0.05, 0) is 31.5 Å². The number of nitrogens with zero attached hydrogens (tertiary/aromatic N) is 1. The van der Waals surface area contributed by atoms with Gasteiger partial charge >= 0.3 is 0 Å². The normalized spacial score (nSPS) is 10.8. The van der Waals surface area contributed by atoms with Gasteiger partial charge in [0, 0.05) is 5.56 Å². The third kappa shape index (κ3) is 3.82. The van der Waals surface area contributed by atoms with Gasteiger partial charge in [0.15, 0.2) is 4.21 Å². The van der Waals surface area contributed by atoms with Gasteiger partial charge in [-0.1, -0.05) is 17.9 Å². The van der Waals surface area contributed by atoms with E-state index in [9.17, 15) is 8.42 Å². The van der Waals surface area contributed by atoms with E-state index in [1.165, 1.54) is 6.20 Å². The van der Waals surface area contributed by atoms with Crippen molar-refractivity contribution in [3.63, 3.8) is 0 Å². The molecule has 7 heteroatoms. The van der Waals surface area contributed by atoms with Crippen LogP contribution in [0.5, 0.6) is 0 Å².